The molecule has 0 atom stereocenters. The van der Waals surface area contributed by atoms with Crippen molar-refractivity contribution in [1.82, 2.24) is 5.32 Å². The van der Waals surface area contributed by atoms with Crippen molar-refractivity contribution in [3.8, 4) is 11.1 Å². The summed E-state index contributed by atoms with van der Waals surface area (Å²) in [7, 11) is 0. The molecule has 0 spiro atoms. The van der Waals surface area contributed by atoms with Crippen molar-refractivity contribution in [2.45, 2.75) is 41.2 Å². The maximum Gasteiger partial charge on any atom is 0.0451 e. The summed E-state index contributed by atoms with van der Waals surface area (Å²) in [4.78, 5) is 0. The molecule has 0 bridgehead atoms. The second-order valence-corrected chi connectivity index (χ2v) is 6.13. The number of rotatable bonds is 4. The van der Waals surface area contributed by atoms with E-state index in [0.29, 0.717) is 0 Å². The van der Waals surface area contributed by atoms with Crippen molar-refractivity contribution < 1.29 is 0 Å². The summed E-state index contributed by atoms with van der Waals surface area (Å²) < 4.78 is 0. The Morgan fingerprint density at radius 2 is 1.57 bits per heavy atom. The fraction of sp³-hybridized carbons (Fsp3) is 0.368. The van der Waals surface area contributed by atoms with Gasteiger partial charge < -0.3 is 5.32 Å². The van der Waals surface area contributed by atoms with E-state index in [4.69, 9.17) is 11.6 Å². The summed E-state index contributed by atoms with van der Waals surface area (Å²) in [6.07, 6.45) is 0. The van der Waals surface area contributed by atoms with Gasteiger partial charge >= 0.3 is 0 Å². The van der Waals surface area contributed by atoms with Gasteiger partial charge in [-0.2, -0.15) is 0 Å². The molecule has 2 aromatic rings. The lowest BCUT2D eigenvalue weighted by atomic mass is 9.89. The number of benzene rings is 2. The molecule has 1 N–H and O–H groups in total. The highest BCUT2D eigenvalue weighted by Gasteiger charge is 2.12. The normalized spacial score (nSPS) is 11.0. The first-order valence-corrected chi connectivity index (χ1v) is 7.90. The van der Waals surface area contributed by atoms with Crippen molar-refractivity contribution in [1.29, 1.82) is 0 Å². The highest BCUT2D eigenvalue weighted by molar-refractivity contribution is 6.31. The number of aryl methyl sites for hydroxylation is 2. The Morgan fingerprint density at radius 1 is 0.952 bits per heavy atom. The largest absolute Gasteiger partial charge is 0.313 e. The zero-order chi connectivity index (χ0) is 15.6. The average molecular weight is 302 g/mol. The van der Waals surface area contributed by atoms with Crippen LogP contribution in [0.3, 0.4) is 0 Å². The molecule has 0 aliphatic rings. The van der Waals surface area contributed by atoms with Crippen LogP contribution < -0.4 is 5.32 Å². The summed E-state index contributed by atoms with van der Waals surface area (Å²) >= 11 is 6.32. The van der Waals surface area contributed by atoms with Gasteiger partial charge in [0.05, 0.1) is 0 Å². The third kappa shape index (κ3) is 3.30. The first kappa shape index (κ1) is 16.1. The Hall–Kier alpha value is -1.31. The summed E-state index contributed by atoms with van der Waals surface area (Å²) in [5, 5.41) is 4.18. The minimum absolute atomic E-state index is 0.812. The minimum Gasteiger partial charge on any atom is -0.313 e. The van der Waals surface area contributed by atoms with Crippen LogP contribution in [0.25, 0.3) is 11.1 Å². The average Bonchev–Trinajstić information content (AvgIpc) is 2.45. The van der Waals surface area contributed by atoms with E-state index in [1.54, 1.807) is 0 Å². The van der Waals surface area contributed by atoms with Gasteiger partial charge in [-0.25, -0.2) is 0 Å². The molecule has 0 unspecified atom stereocenters. The number of hydrogen-bond acceptors (Lipinski definition) is 1. The third-order valence-corrected chi connectivity index (χ3v) is 4.63. The van der Waals surface area contributed by atoms with Gasteiger partial charge in [-0.05, 0) is 85.3 Å². The van der Waals surface area contributed by atoms with Gasteiger partial charge in [0, 0.05) is 11.6 Å². The maximum absolute atomic E-state index is 6.32. The molecule has 21 heavy (non-hydrogen) atoms. The molecular weight excluding hydrogens is 278 g/mol. The van der Waals surface area contributed by atoms with Crippen LogP contribution in [0.1, 0.15) is 34.7 Å². The highest BCUT2D eigenvalue weighted by atomic mass is 35.5. The SMILES string of the molecule is CCNCc1cc(-c2c(C)c(C)cc(C)c2C)ccc1Cl. The Kier molecular flexibility index (Phi) is 5.08. The minimum atomic E-state index is 0.812. The molecule has 1 nitrogen and oxygen atoms in total. The number of halogens is 1. The lowest BCUT2D eigenvalue weighted by molar-refractivity contribution is 0.727. The van der Waals surface area contributed by atoms with Crippen molar-refractivity contribution in [3.05, 3.63) is 57.1 Å². The third-order valence-electron chi connectivity index (χ3n) is 4.27. The molecule has 0 fully saturated rings. The van der Waals surface area contributed by atoms with Gasteiger partial charge in [0.2, 0.25) is 0 Å². The topological polar surface area (TPSA) is 12.0 Å². The Bertz CT molecular complexity index is 633. The van der Waals surface area contributed by atoms with E-state index in [9.17, 15) is 0 Å². The van der Waals surface area contributed by atoms with Crippen LogP contribution in [0, 0.1) is 27.7 Å². The van der Waals surface area contributed by atoms with E-state index in [0.717, 1.165) is 23.7 Å². The number of nitrogens with one attached hydrogen (secondary N) is 1. The van der Waals surface area contributed by atoms with Crippen molar-refractivity contribution in [2.75, 3.05) is 6.54 Å². The smallest absolute Gasteiger partial charge is 0.0451 e. The molecule has 0 heterocycles. The van der Waals surface area contributed by atoms with Crippen LogP contribution in [-0.4, -0.2) is 6.54 Å². The predicted molar refractivity (Wildman–Crippen MR) is 93.2 cm³/mol. The van der Waals surface area contributed by atoms with Crippen molar-refractivity contribution >= 4 is 11.6 Å². The van der Waals surface area contributed by atoms with Crippen LogP contribution in [0.5, 0.6) is 0 Å². The predicted octanol–water partition coefficient (Wildman–Crippen LogP) is 5.35. The second kappa shape index (κ2) is 6.64. The molecule has 0 aliphatic carbocycles. The van der Waals surface area contributed by atoms with E-state index >= 15 is 0 Å². The lowest BCUT2D eigenvalue weighted by Crippen LogP contribution is -2.12. The van der Waals surface area contributed by atoms with Crippen molar-refractivity contribution in [2.24, 2.45) is 0 Å². The molecule has 0 amide bonds. The molecule has 0 aliphatic heterocycles. The van der Waals surface area contributed by atoms with Gasteiger partial charge in [-0.3, -0.25) is 0 Å². The standard InChI is InChI=1S/C19H24ClN/c1-6-21-11-17-10-16(7-8-18(17)20)19-14(4)12(2)9-13(3)15(19)5/h7-10,21H,6,11H2,1-5H3. The van der Waals surface area contributed by atoms with E-state index in [-0.39, 0.29) is 0 Å². The Balaban J connectivity index is 2.57. The molecule has 2 rings (SSSR count). The Morgan fingerprint density at radius 3 is 2.14 bits per heavy atom. The van der Waals surface area contributed by atoms with Crippen LogP contribution in [-0.2, 0) is 6.54 Å². The van der Waals surface area contributed by atoms with E-state index in [1.807, 2.05) is 6.07 Å². The summed E-state index contributed by atoms with van der Waals surface area (Å²) in [5.74, 6) is 0. The van der Waals surface area contributed by atoms with Crippen LogP contribution in [0.2, 0.25) is 5.02 Å². The van der Waals surface area contributed by atoms with E-state index in [1.165, 1.54) is 33.4 Å². The van der Waals surface area contributed by atoms with Gasteiger partial charge in [-0.1, -0.05) is 30.7 Å². The molecule has 0 saturated carbocycles. The van der Waals surface area contributed by atoms with Crippen LogP contribution in [0.4, 0.5) is 0 Å². The molecular formula is C19H24ClN. The maximum atomic E-state index is 6.32. The zero-order valence-electron chi connectivity index (χ0n) is 13.6. The highest BCUT2D eigenvalue weighted by Crippen LogP contribution is 2.33. The fourth-order valence-corrected chi connectivity index (χ4v) is 2.96. The molecule has 0 radical (unpaired) electrons. The fourth-order valence-electron chi connectivity index (χ4n) is 2.78. The van der Waals surface area contributed by atoms with Gasteiger partial charge in [-0.15, -0.1) is 0 Å². The lowest BCUT2D eigenvalue weighted by Gasteiger charge is -2.17. The molecule has 0 saturated heterocycles. The Labute approximate surface area is 133 Å². The monoisotopic (exact) mass is 301 g/mol. The summed E-state index contributed by atoms with van der Waals surface area (Å²) in [6.45, 7) is 12.6. The van der Waals surface area contributed by atoms with Crippen LogP contribution >= 0.6 is 11.6 Å². The zero-order valence-corrected chi connectivity index (χ0v) is 14.4. The van der Waals surface area contributed by atoms with E-state index in [2.05, 4.69) is 58.1 Å². The second-order valence-electron chi connectivity index (χ2n) is 5.72. The first-order valence-electron chi connectivity index (χ1n) is 7.52. The first-order chi connectivity index (χ1) is 9.95. The molecule has 2 aromatic carbocycles. The van der Waals surface area contributed by atoms with Gasteiger partial charge in [0.15, 0.2) is 0 Å². The molecule has 0 aromatic heterocycles. The summed E-state index contributed by atoms with van der Waals surface area (Å²) in [6, 6.07) is 8.63. The van der Waals surface area contributed by atoms with Gasteiger partial charge in [0.25, 0.3) is 0 Å². The quantitative estimate of drug-likeness (QED) is 0.802. The van der Waals surface area contributed by atoms with Crippen LogP contribution in [0.15, 0.2) is 24.3 Å². The number of hydrogen-bond donors (Lipinski definition) is 1. The van der Waals surface area contributed by atoms with Gasteiger partial charge in [0.1, 0.15) is 0 Å². The molecule has 2 heteroatoms. The van der Waals surface area contributed by atoms with E-state index < -0.39 is 0 Å². The molecule has 112 valence electrons. The summed E-state index contributed by atoms with van der Waals surface area (Å²) in [5.41, 5.74) is 9.17. The van der Waals surface area contributed by atoms with Crippen molar-refractivity contribution in [3.63, 3.8) is 0 Å².